The maximum atomic E-state index is 12.1. The molecule has 3 N–H and O–H groups in total. The molecule has 0 atom stereocenters. The summed E-state index contributed by atoms with van der Waals surface area (Å²) >= 11 is 1.38. The average Bonchev–Trinajstić information content (AvgIpc) is 2.84. The minimum absolute atomic E-state index is 0.135. The molecule has 5 nitrogen and oxygen atoms in total. The summed E-state index contributed by atoms with van der Waals surface area (Å²) in [6.07, 6.45) is 4.70. The first-order valence-electron chi connectivity index (χ1n) is 7.23. The number of carbonyl (C=O) groups is 1. The van der Waals surface area contributed by atoms with E-state index in [2.05, 4.69) is 17.2 Å². The van der Waals surface area contributed by atoms with Gasteiger partial charge in [-0.05, 0) is 25.0 Å². The molecule has 0 unspecified atom stereocenters. The molecule has 0 bridgehead atoms. The molecule has 6 heteroatoms. The van der Waals surface area contributed by atoms with Crippen molar-refractivity contribution in [3.8, 4) is 0 Å². The highest BCUT2D eigenvalue weighted by molar-refractivity contribution is 7.21. The predicted octanol–water partition coefficient (Wildman–Crippen LogP) is 2.82. The highest BCUT2D eigenvalue weighted by atomic mass is 32.1. The van der Waals surface area contributed by atoms with Gasteiger partial charge in [0, 0.05) is 26.0 Å². The molecule has 0 aromatic carbocycles. The second kappa shape index (κ2) is 7.95. The van der Waals surface area contributed by atoms with Gasteiger partial charge >= 0.3 is 0 Å². The number of thiophene rings is 1. The number of pyridine rings is 1. The van der Waals surface area contributed by atoms with Crippen LogP contribution in [0.1, 0.15) is 35.9 Å². The molecule has 0 aliphatic heterocycles. The second-order valence-corrected chi connectivity index (χ2v) is 5.82. The van der Waals surface area contributed by atoms with Gasteiger partial charge in [-0.3, -0.25) is 9.78 Å². The Morgan fingerprint density at radius 2 is 2.24 bits per heavy atom. The summed E-state index contributed by atoms with van der Waals surface area (Å²) in [6, 6.07) is 3.76. The van der Waals surface area contributed by atoms with Gasteiger partial charge in [0.2, 0.25) is 0 Å². The number of rotatable bonds is 8. The Hall–Kier alpha value is -1.66. The van der Waals surface area contributed by atoms with Crippen LogP contribution in [-0.2, 0) is 4.74 Å². The van der Waals surface area contributed by atoms with Crippen molar-refractivity contribution < 1.29 is 9.53 Å². The summed E-state index contributed by atoms with van der Waals surface area (Å²) < 4.78 is 6.38. The fourth-order valence-electron chi connectivity index (χ4n) is 1.92. The number of nitrogens with one attached hydrogen (secondary N) is 1. The Morgan fingerprint density at radius 3 is 3.00 bits per heavy atom. The van der Waals surface area contributed by atoms with Crippen LogP contribution in [0.2, 0.25) is 0 Å². The maximum Gasteiger partial charge on any atom is 0.263 e. The van der Waals surface area contributed by atoms with E-state index < -0.39 is 0 Å². The summed E-state index contributed by atoms with van der Waals surface area (Å²) in [6.45, 7) is 4.18. The zero-order chi connectivity index (χ0) is 15.1. The molecule has 114 valence electrons. The van der Waals surface area contributed by atoms with Gasteiger partial charge in [-0.25, -0.2) is 0 Å². The number of hydrogen-bond donors (Lipinski definition) is 2. The van der Waals surface area contributed by atoms with E-state index in [4.69, 9.17) is 10.5 Å². The van der Waals surface area contributed by atoms with E-state index in [0.717, 1.165) is 30.6 Å². The molecular weight excluding hydrogens is 286 g/mol. The van der Waals surface area contributed by atoms with Gasteiger partial charge in [0.15, 0.2) is 0 Å². The minimum Gasteiger partial charge on any atom is -0.396 e. The quantitative estimate of drug-likeness (QED) is 0.735. The largest absolute Gasteiger partial charge is 0.396 e. The fourth-order valence-corrected chi connectivity index (χ4v) is 2.92. The molecule has 2 aromatic heterocycles. The van der Waals surface area contributed by atoms with E-state index in [0.29, 0.717) is 29.2 Å². The zero-order valence-corrected chi connectivity index (χ0v) is 13.0. The molecule has 1 amide bonds. The van der Waals surface area contributed by atoms with Gasteiger partial charge in [0.05, 0.1) is 10.4 Å². The molecule has 0 aliphatic rings. The number of fused-ring (bicyclic) bond motifs is 1. The van der Waals surface area contributed by atoms with Crippen molar-refractivity contribution in [1.29, 1.82) is 0 Å². The van der Waals surface area contributed by atoms with Crippen LogP contribution >= 0.6 is 11.3 Å². The number of anilines is 1. The first kappa shape index (κ1) is 15.7. The van der Waals surface area contributed by atoms with Crippen molar-refractivity contribution >= 4 is 33.1 Å². The van der Waals surface area contributed by atoms with Gasteiger partial charge in [0.1, 0.15) is 10.4 Å². The van der Waals surface area contributed by atoms with Gasteiger partial charge in [-0.15, -0.1) is 11.3 Å². The molecule has 2 rings (SSSR count). The lowest BCUT2D eigenvalue weighted by molar-refractivity contribution is 0.0945. The molecule has 2 aromatic rings. The standard InChI is InChI=1S/C15H21N3O2S/c1-2-3-9-20-10-5-8-18-15(19)14-12(16)13-11(21-14)6-4-7-17-13/h4,6-7H,2-3,5,8-10,16H2,1H3,(H,18,19). The van der Waals surface area contributed by atoms with E-state index in [1.807, 2.05) is 12.1 Å². The van der Waals surface area contributed by atoms with Crippen molar-refractivity contribution in [2.75, 3.05) is 25.5 Å². The third-order valence-electron chi connectivity index (χ3n) is 3.08. The molecule has 0 radical (unpaired) electrons. The van der Waals surface area contributed by atoms with Gasteiger partial charge < -0.3 is 15.8 Å². The second-order valence-electron chi connectivity index (χ2n) is 4.77. The lowest BCUT2D eigenvalue weighted by atomic mass is 10.3. The van der Waals surface area contributed by atoms with E-state index in [9.17, 15) is 4.79 Å². The number of nitrogens with two attached hydrogens (primary N) is 1. The van der Waals surface area contributed by atoms with Gasteiger partial charge in [-0.1, -0.05) is 13.3 Å². The third-order valence-corrected chi connectivity index (χ3v) is 4.24. The lowest BCUT2D eigenvalue weighted by Gasteiger charge is -2.05. The van der Waals surface area contributed by atoms with Crippen molar-refractivity contribution in [2.24, 2.45) is 0 Å². The van der Waals surface area contributed by atoms with Crippen LogP contribution in [-0.4, -0.2) is 30.6 Å². The van der Waals surface area contributed by atoms with Crippen LogP contribution in [0.15, 0.2) is 18.3 Å². The molecule has 0 fully saturated rings. The summed E-state index contributed by atoms with van der Waals surface area (Å²) in [5.74, 6) is -0.135. The topological polar surface area (TPSA) is 77.2 Å². The monoisotopic (exact) mass is 307 g/mol. The molecule has 0 saturated heterocycles. The van der Waals surface area contributed by atoms with Crippen LogP contribution in [0, 0.1) is 0 Å². The van der Waals surface area contributed by atoms with Gasteiger partial charge in [0.25, 0.3) is 5.91 Å². The van der Waals surface area contributed by atoms with Crippen molar-refractivity contribution in [2.45, 2.75) is 26.2 Å². The average molecular weight is 307 g/mol. The van der Waals surface area contributed by atoms with Gasteiger partial charge in [-0.2, -0.15) is 0 Å². The summed E-state index contributed by atoms with van der Waals surface area (Å²) in [7, 11) is 0. The molecule has 0 aliphatic carbocycles. The Bertz CT molecular complexity index is 598. The molecule has 2 heterocycles. The summed E-state index contributed by atoms with van der Waals surface area (Å²) in [4.78, 5) is 16.9. The Balaban J connectivity index is 1.81. The van der Waals surface area contributed by atoms with Crippen molar-refractivity contribution in [1.82, 2.24) is 10.3 Å². The lowest BCUT2D eigenvalue weighted by Crippen LogP contribution is -2.25. The normalized spacial score (nSPS) is 10.9. The molecule has 21 heavy (non-hydrogen) atoms. The van der Waals surface area contributed by atoms with E-state index in [1.165, 1.54) is 11.3 Å². The van der Waals surface area contributed by atoms with E-state index in [-0.39, 0.29) is 5.91 Å². The molecular formula is C15H21N3O2S. The number of unbranched alkanes of at least 4 members (excludes halogenated alkanes) is 1. The number of ether oxygens (including phenoxy) is 1. The van der Waals surface area contributed by atoms with Crippen LogP contribution in [0.4, 0.5) is 5.69 Å². The van der Waals surface area contributed by atoms with Crippen LogP contribution in [0.3, 0.4) is 0 Å². The fraction of sp³-hybridized carbons (Fsp3) is 0.467. The minimum atomic E-state index is -0.135. The number of amides is 1. The van der Waals surface area contributed by atoms with E-state index >= 15 is 0 Å². The van der Waals surface area contributed by atoms with Crippen LogP contribution in [0.25, 0.3) is 10.2 Å². The number of carbonyl (C=O) groups excluding carboxylic acids is 1. The number of hydrogen-bond acceptors (Lipinski definition) is 5. The highest BCUT2D eigenvalue weighted by Gasteiger charge is 2.16. The summed E-state index contributed by atoms with van der Waals surface area (Å²) in [5.41, 5.74) is 7.16. The third kappa shape index (κ3) is 4.15. The molecule has 0 spiro atoms. The van der Waals surface area contributed by atoms with E-state index in [1.54, 1.807) is 6.20 Å². The maximum absolute atomic E-state index is 12.1. The zero-order valence-electron chi connectivity index (χ0n) is 12.2. The predicted molar refractivity (Wildman–Crippen MR) is 86.7 cm³/mol. The number of nitrogens with zero attached hydrogens (tertiary/aromatic N) is 1. The van der Waals surface area contributed by atoms with Crippen LogP contribution < -0.4 is 11.1 Å². The smallest absolute Gasteiger partial charge is 0.263 e. The van der Waals surface area contributed by atoms with Crippen molar-refractivity contribution in [3.05, 3.63) is 23.2 Å². The van der Waals surface area contributed by atoms with Crippen molar-refractivity contribution in [3.63, 3.8) is 0 Å². The number of aromatic nitrogens is 1. The first-order valence-corrected chi connectivity index (χ1v) is 8.04. The Morgan fingerprint density at radius 1 is 1.43 bits per heavy atom. The summed E-state index contributed by atoms with van der Waals surface area (Å²) in [5, 5.41) is 2.88. The Kier molecular flexibility index (Phi) is 5.95. The Labute approximate surface area is 128 Å². The highest BCUT2D eigenvalue weighted by Crippen LogP contribution is 2.31. The van der Waals surface area contributed by atoms with Crippen LogP contribution in [0.5, 0.6) is 0 Å². The number of nitrogen functional groups attached to an aromatic ring is 1. The first-order chi connectivity index (χ1) is 10.2. The SMILES string of the molecule is CCCCOCCCNC(=O)c1sc2cccnc2c1N. The molecule has 0 saturated carbocycles.